The highest BCUT2D eigenvalue weighted by Gasteiger charge is 2.23. The lowest BCUT2D eigenvalue weighted by Gasteiger charge is -2.25. The maximum absolute atomic E-state index is 6.39. The Labute approximate surface area is 129 Å². The number of aromatic nitrogens is 2. The smallest absolute Gasteiger partial charge is 0.111 e. The van der Waals surface area contributed by atoms with Crippen LogP contribution >= 0.6 is 23.2 Å². The molecule has 1 aromatic carbocycles. The van der Waals surface area contributed by atoms with Crippen molar-refractivity contribution >= 4 is 34.2 Å². The van der Waals surface area contributed by atoms with E-state index in [1.807, 2.05) is 18.2 Å². The van der Waals surface area contributed by atoms with E-state index in [0.29, 0.717) is 18.4 Å². The summed E-state index contributed by atoms with van der Waals surface area (Å²) in [5, 5.41) is 0.720. The zero-order valence-corrected chi connectivity index (χ0v) is 13.6. The van der Waals surface area contributed by atoms with E-state index in [4.69, 9.17) is 27.9 Å². The van der Waals surface area contributed by atoms with Gasteiger partial charge in [0.15, 0.2) is 0 Å². The molecule has 0 amide bonds. The molecule has 5 heteroatoms. The molecule has 0 bridgehead atoms. The number of hydrogen-bond donors (Lipinski definition) is 0. The minimum atomic E-state index is 0.197. The summed E-state index contributed by atoms with van der Waals surface area (Å²) in [5.74, 6) is 1.93. The number of benzene rings is 1. The van der Waals surface area contributed by atoms with E-state index in [-0.39, 0.29) is 6.04 Å². The van der Waals surface area contributed by atoms with Crippen LogP contribution in [0.15, 0.2) is 18.2 Å². The fraction of sp³-hybridized carbons (Fsp3) is 0.533. The van der Waals surface area contributed by atoms with Crippen molar-refractivity contribution in [3.05, 3.63) is 29.0 Å². The van der Waals surface area contributed by atoms with E-state index >= 15 is 0 Å². The van der Waals surface area contributed by atoms with Gasteiger partial charge in [-0.1, -0.05) is 31.5 Å². The summed E-state index contributed by atoms with van der Waals surface area (Å²) in [7, 11) is 1.72. The quantitative estimate of drug-likeness (QED) is 0.743. The van der Waals surface area contributed by atoms with Crippen LogP contribution in [0.2, 0.25) is 5.02 Å². The molecule has 1 aromatic heterocycles. The Morgan fingerprint density at radius 2 is 2.10 bits per heavy atom. The first-order valence-corrected chi connectivity index (χ1v) is 7.71. The number of hydrogen-bond acceptors (Lipinski definition) is 2. The molecule has 110 valence electrons. The SMILES string of the molecule is COCC(C(C)C)n1c(CCCl)nc2cccc(Cl)c21. The van der Waals surface area contributed by atoms with E-state index in [2.05, 4.69) is 23.4 Å². The zero-order chi connectivity index (χ0) is 14.7. The number of halogens is 2. The Morgan fingerprint density at radius 1 is 1.35 bits per heavy atom. The molecule has 0 N–H and O–H groups in total. The van der Waals surface area contributed by atoms with Gasteiger partial charge in [0.25, 0.3) is 0 Å². The highest BCUT2D eigenvalue weighted by molar-refractivity contribution is 6.35. The van der Waals surface area contributed by atoms with Crippen LogP contribution in [0.1, 0.15) is 25.7 Å². The first-order chi connectivity index (χ1) is 9.60. The molecule has 3 nitrogen and oxygen atoms in total. The van der Waals surface area contributed by atoms with Gasteiger partial charge < -0.3 is 9.30 Å². The Bertz CT molecular complexity index is 581. The minimum absolute atomic E-state index is 0.197. The highest BCUT2D eigenvalue weighted by Crippen LogP contribution is 2.31. The Balaban J connectivity index is 2.65. The van der Waals surface area contributed by atoms with Crippen molar-refractivity contribution in [2.75, 3.05) is 19.6 Å². The van der Waals surface area contributed by atoms with Gasteiger partial charge in [-0.15, -0.1) is 11.6 Å². The van der Waals surface area contributed by atoms with Crippen molar-refractivity contribution < 1.29 is 4.74 Å². The number of ether oxygens (including phenoxy) is 1. The molecule has 0 aliphatic rings. The second-order valence-electron chi connectivity index (χ2n) is 5.21. The number of nitrogens with zero attached hydrogens (tertiary/aromatic N) is 2. The summed E-state index contributed by atoms with van der Waals surface area (Å²) in [4.78, 5) is 4.69. The number of rotatable bonds is 6. The molecule has 1 atom stereocenters. The molecule has 0 aliphatic heterocycles. The summed E-state index contributed by atoms with van der Waals surface area (Å²) >= 11 is 12.3. The van der Waals surface area contributed by atoms with E-state index < -0.39 is 0 Å². The Hall–Kier alpha value is -0.770. The molecule has 0 aliphatic carbocycles. The summed E-state index contributed by atoms with van der Waals surface area (Å²) in [5.41, 5.74) is 1.89. The summed E-state index contributed by atoms with van der Waals surface area (Å²) in [6.07, 6.45) is 0.722. The number of alkyl halides is 1. The lowest BCUT2D eigenvalue weighted by molar-refractivity contribution is 0.134. The fourth-order valence-corrected chi connectivity index (χ4v) is 2.94. The lowest BCUT2D eigenvalue weighted by atomic mass is 10.0. The number of methoxy groups -OCH3 is 1. The molecule has 0 saturated carbocycles. The molecule has 1 unspecified atom stereocenters. The number of imidazole rings is 1. The molecule has 2 rings (SSSR count). The molecule has 0 spiro atoms. The van der Waals surface area contributed by atoms with E-state index in [1.165, 1.54) is 0 Å². The van der Waals surface area contributed by atoms with E-state index in [1.54, 1.807) is 7.11 Å². The van der Waals surface area contributed by atoms with Gasteiger partial charge >= 0.3 is 0 Å². The molecule has 0 fully saturated rings. The largest absolute Gasteiger partial charge is 0.383 e. The monoisotopic (exact) mass is 314 g/mol. The molecule has 0 radical (unpaired) electrons. The third-order valence-corrected chi connectivity index (χ3v) is 3.98. The van der Waals surface area contributed by atoms with Gasteiger partial charge in [0, 0.05) is 19.4 Å². The molecular weight excluding hydrogens is 295 g/mol. The van der Waals surface area contributed by atoms with E-state index in [9.17, 15) is 0 Å². The second kappa shape index (κ2) is 6.79. The van der Waals surface area contributed by atoms with Gasteiger partial charge in [-0.05, 0) is 18.1 Å². The normalized spacial score (nSPS) is 13.3. The maximum atomic E-state index is 6.39. The van der Waals surface area contributed by atoms with Crippen molar-refractivity contribution in [2.24, 2.45) is 5.92 Å². The number of para-hydroxylation sites is 1. The predicted molar refractivity (Wildman–Crippen MR) is 84.9 cm³/mol. The molecular formula is C15H20Cl2N2O. The van der Waals surface area contributed by atoms with Crippen LogP contribution in [-0.2, 0) is 11.2 Å². The van der Waals surface area contributed by atoms with Crippen LogP contribution in [0.25, 0.3) is 11.0 Å². The standard InChI is InChI=1S/C15H20Cl2N2O/c1-10(2)13(9-20-3)19-14(7-8-16)18-12-6-4-5-11(17)15(12)19/h4-6,10,13H,7-9H2,1-3H3. The molecule has 2 aromatic rings. The van der Waals surface area contributed by atoms with Crippen molar-refractivity contribution in [1.82, 2.24) is 9.55 Å². The van der Waals surface area contributed by atoms with Crippen molar-refractivity contribution in [3.63, 3.8) is 0 Å². The average molecular weight is 315 g/mol. The second-order valence-corrected chi connectivity index (χ2v) is 6.00. The predicted octanol–water partition coefficient (Wildman–Crippen LogP) is 4.31. The molecule has 20 heavy (non-hydrogen) atoms. The van der Waals surface area contributed by atoms with Crippen molar-refractivity contribution in [1.29, 1.82) is 0 Å². The van der Waals surface area contributed by atoms with Crippen LogP contribution in [0, 0.1) is 5.92 Å². The Morgan fingerprint density at radius 3 is 2.70 bits per heavy atom. The van der Waals surface area contributed by atoms with E-state index in [0.717, 1.165) is 28.3 Å². The van der Waals surface area contributed by atoms with Crippen molar-refractivity contribution in [2.45, 2.75) is 26.3 Å². The topological polar surface area (TPSA) is 27.1 Å². The van der Waals surface area contributed by atoms with Crippen molar-refractivity contribution in [3.8, 4) is 0 Å². The summed E-state index contributed by atoms with van der Waals surface area (Å²) in [6.45, 7) is 4.98. The van der Waals surface area contributed by atoms with Crippen LogP contribution < -0.4 is 0 Å². The number of fused-ring (bicyclic) bond motifs is 1. The van der Waals surface area contributed by atoms with Gasteiger partial charge in [-0.2, -0.15) is 0 Å². The minimum Gasteiger partial charge on any atom is -0.383 e. The highest BCUT2D eigenvalue weighted by atomic mass is 35.5. The molecule has 0 saturated heterocycles. The summed E-state index contributed by atoms with van der Waals surface area (Å²) < 4.78 is 7.59. The Kier molecular flexibility index (Phi) is 5.30. The van der Waals surface area contributed by atoms with Crippen LogP contribution in [0.3, 0.4) is 0 Å². The van der Waals surface area contributed by atoms with Gasteiger partial charge in [-0.3, -0.25) is 0 Å². The van der Waals surface area contributed by atoms with Gasteiger partial charge in [0.1, 0.15) is 5.82 Å². The summed E-state index contributed by atoms with van der Waals surface area (Å²) in [6, 6.07) is 6.01. The fourth-order valence-electron chi connectivity index (χ4n) is 2.51. The average Bonchev–Trinajstić information content (AvgIpc) is 2.75. The van der Waals surface area contributed by atoms with Crippen LogP contribution in [0.4, 0.5) is 0 Å². The lowest BCUT2D eigenvalue weighted by Crippen LogP contribution is -2.22. The van der Waals surface area contributed by atoms with Crippen LogP contribution in [0.5, 0.6) is 0 Å². The van der Waals surface area contributed by atoms with Gasteiger partial charge in [0.05, 0.1) is 28.7 Å². The maximum Gasteiger partial charge on any atom is 0.111 e. The van der Waals surface area contributed by atoms with Gasteiger partial charge in [0.2, 0.25) is 0 Å². The third kappa shape index (κ3) is 2.95. The zero-order valence-electron chi connectivity index (χ0n) is 12.1. The van der Waals surface area contributed by atoms with Crippen LogP contribution in [-0.4, -0.2) is 29.1 Å². The molecule has 1 heterocycles. The number of aryl methyl sites for hydroxylation is 1. The third-order valence-electron chi connectivity index (χ3n) is 3.49. The first-order valence-electron chi connectivity index (χ1n) is 6.80. The van der Waals surface area contributed by atoms with Gasteiger partial charge in [-0.25, -0.2) is 4.98 Å². The first kappa shape index (κ1) is 15.6.